The van der Waals surface area contributed by atoms with Crippen LogP contribution in [-0.2, 0) is 4.79 Å². The Kier molecular flexibility index (Phi) is 3.35. The first-order valence-corrected chi connectivity index (χ1v) is 4.09. The average Bonchev–Trinajstić information content (AvgIpc) is 2.09. The number of hydrogen-bond donors (Lipinski definition) is 1. The average molecular weight is 221 g/mol. The minimum atomic E-state index is -3.04. The number of hydrogen-bond acceptors (Lipinski definition) is 2. The van der Waals surface area contributed by atoms with Gasteiger partial charge in [-0.25, -0.2) is 4.98 Å². The molecule has 0 fully saturated rings. The molecule has 0 bridgehead atoms. The van der Waals surface area contributed by atoms with Gasteiger partial charge >= 0.3 is 6.43 Å². The van der Waals surface area contributed by atoms with Crippen molar-refractivity contribution in [2.24, 2.45) is 0 Å². The molecule has 0 radical (unpaired) electrons. The number of alkyl halides is 2. The van der Waals surface area contributed by atoms with E-state index in [-0.39, 0.29) is 10.8 Å². The molecular weight excluding hydrogens is 214 g/mol. The summed E-state index contributed by atoms with van der Waals surface area (Å²) >= 11 is 5.54. The second-order valence-electron chi connectivity index (χ2n) is 2.61. The number of halogens is 3. The van der Waals surface area contributed by atoms with E-state index in [1.165, 1.54) is 12.3 Å². The van der Waals surface area contributed by atoms with Gasteiger partial charge < -0.3 is 5.32 Å². The maximum absolute atomic E-state index is 11.9. The Hall–Kier alpha value is -1.23. The summed E-state index contributed by atoms with van der Waals surface area (Å²) in [6.07, 6.45) is -1.80. The highest BCUT2D eigenvalue weighted by Crippen LogP contribution is 2.17. The van der Waals surface area contributed by atoms with Crippen LogP contribution < -0.4 is 5.32 Å². The standard InChI is InChI=1S/C8H7ClF2N2O/c1-4-2-6(9)12-3-5(4)13-8(14)7(10)11/h2-3,7H,1H3,(H,13,14). The zero-order valence-electron chi connectivity index (χ0n) is 7.22. The first-order chi connectivity index (χ1) is 6.50. The third kappa shape index (κ3) is 2.63. The Morgan fingerprint density at radius 1 is 1.64 bits per heavy atom. The molecular formula is C8H7ClF2N2O. The Bertz CT molecular complexity index is 357. The number of pyridine rings is 1. The van der Waals surface area contributed by atoms with E-state index in [0.717, 1.165) is 0 Å². The molecule has 0 aliphatic heterocycles. The molecule has 1 heterocycles. The van der Waals surface area contributed by atoms with Crippen molar-refractivity contribution >= 4 is 23.2 Å². The van der Waals surface area contributed by atoms with Gasteiger partial charge in [0.1, 0.15) is 5.15 Å². The second kappa shape index (κ2) is 4.32. The van der Waals surface area contributed by atoms with Crippen molar-refractivity contribution in [3.63, 3.8) is 0 Å². The van der Waals surface area contributed by atoms with Crippen molar-refractivity contribution in [2.75, 3.05) is 5.32 Å². The fraction of sp³-hybridized carbons (Fsp3) is 0.250. The van der Waals surface area contributed by atoms with Gasteiger partial charge in [-0.15, -0.1) is 0 Å². The summed E-state index contributed by atoms with van der Waals surface area (Å²) in [5.41, 5.74) is 0.818. The van der Waals surface area contributed by atoms with Gasteiger partial charge in [0, 0.05) is 0 Å². The van der Waals surface area contributed by atoms with Gasteiger partial charge in [-0.05, 0) is 18.6 Å². The maximum Gasteiger partial charge on any atom is 0.315 e. The molecule has 1 amide bonds. The van der Waals surface area contributed by atoms with Crippen LogP contribution in [0.1, 0.15) is 5.56 Å². The van der Waals surface area contributed by atoms with Crippen molar-refractivity contribution < 1.29 is 13.6 Å². The SMILES string of the molecule is Cc1cc(Cl)ncc1NC(=O)C(F)F. The van der Waals surface area contributed by atoms with Gasteiger partial charge in [-0.3, -0.25) is 4.79 Å². The Labute approximate surface area is 84.1 Å². The summed E-state index contributed by atoms with van der Waals surface area (Å²) in [7, 11) is 0. The molecule has 0 atom stereocenters. The van der Waals surface area contributed by atoms with Gasteiger partial charge in [0.2, 0.25) is 0 Å². The lowest BCUT2D eigenvalue weighted by atomic mass is 10.2. The Morgan fingerprint density at radius 2 is 2.29 bits per heavy atom. The fourth-order valence-electron chi connectivity index (χ4n) is 0.840. The van der Waals surface area contributed by atoms with Crippen molar-refractivity contribution in [1.82, 2.24) is 4.98 Å². The summed E-state index contributed by atoms with van der Waals surface area (Å²) in [6, 6.07) is 1.47. The van der Waals surface area contributed by atoms with Crippen LogP contribution in [-0.4, -0.2) is 17.3 Å². The van der Waals surface area contributed by atoms with Crippen molar-refractivity contribution in [3.8, 4) is 0 Å². The van der Waals surface area contributed by atoms with Crippen LogP contribution in [0.25, 0.3) is 0 Å². The van der Waals surface area contributed by atoms with Gasteiger partial charge in [0.15, 0.2) is 0 Å². The summed E-state index contributed by atoms with van der Waals surface area (Å²) in [5, 5.41) is 2.27. The number of amides is 1. The van der Waals surface area contributed by atoms with Crippen LogP contribution in [0, 0.1) is 6.92 Å². The number of carbonyl (C=O) groups excluding carboxylic acids is 1. The molecule has 6 heteroatoms. The minimum Gasteiger partial charge on any atom is -0.320 e. The van der Waals surface area contributed by atoms with Crippen molar-refractivity contribution in [2.45, 2.75) is 13.3 Å². The smallest absolute Gasteiger partial charge is 0.315 e. The highest BCUT2D eigenvalue weighted by molar-refractivity contribution is 6.29. The first kappa shape index (κ1) is 10.8. The summed E-state index contributed by atoms with van der Waals surface area (Å²) in [6.45, 7) is 1.63. The zero-order chi connectivity index (χ0) is 10.7. The maximum atomic E-state index is 11.9. The van der Waals surface area contributed by atoms with Crippen LogP contribution in [0.3, 0.4) is 0 Å². The predicted molar refractivity (Wildman–Crippen MR) is 48.6 cm³/mol. The molecule has 0 aromatic carbocycles. The molecule has 0 saturated carbocycles. The molecule has 0 spiro atoms. The van der Waals surface area contributed by atoms with Gasteiger partial charge in [-0.1, -0.05) is 11.6 Å². The van der Waals surface area contributed by atoms with Crippen LogP contribution in [0.5, 0.6) is 0 Å². The highest BCUT2D eigenvalue weighted by Gasteiger charge is 2.15. The predicted octanol–water partition coefficient (Wildman–Crippen LogP) is 2.25. The van der Waals surface area contributed by atoms with E-state index in [9.17, 15) is 13.6 Å². The monoisotopic (exact) mass is 220 g/mol. The number of carbonyl (C=O) groups is 1. The van der Waals surface area contributed by atoms with E-state index in [0.29, 0.717) is 5.56 Å². The van der Waals surface area contributed by atoms with E-state index in [1.807, 2.05) is 5.32 Å². The van der Waals surface area contributed by atoms with Crippen molar-refractivity contribution in [1.29, 1.82) is 0 Å². The molecule has 76 valence electrons. The van der Waals surface area contributed by atoms with E-state index in [2.05, 4.69) is 4.98 Å². The molecule has 0 saturated heterocycles. The van der Waals surface area contributed by atoms with E-state index in [1.54, 1.807) is 6.92 Å². The molecule has 1 aromatic heterocycles. The molecule has 1 aromatic rings. The lowest BCUT2D eigenvalue weighted by molar-refractivity contribution is -0.126. The molecule has 14 heavy (non-hydrogen) atoms. The van der Waals surface area contributed by atoms with Gasteiger partial charge in [-0.2, -0.15) is 8.78 Å². The lowest BCUT2D eigenvalue weighted by Crippen LogP contribution is -2.20. The van der Waals surface area contributed by atoms with Crippen LogP contribution >= 0.6 is 11.6 Å². The number of rotatable bonds is 2. The van der Waals surface area contributed by atoms with Crippen LogP contribution in [0.2, 0.25) is 5.15 Å². The van der Waals surface area contributed by atoms with Gasteiger partial charge in [0.25, 0.3) is 5.91 Å². The molecule has 3 nitrogen and oxygen atoms in total. The second-order valence-corrected chi connectivity index (χ2v) is 3.00. The normalized spacial score (nSPS) is 10.4. The molecule has 0 aliphatic carbocycles. The summed E-state index contributed by atoms with van der Waals surface area (Å²) in [5.74, 6) is -1.35. The third-order valence-electron chi connectivity index (χ3n) is 1.53. The third-order valence-corrected chi connectivity index (χ3v) is 1.74. The number of aryl methyl sites for hydroxylation is 1. The zero-order valence-corrected chi connectivity index (χ0v) is 7.98. The Balaban J connectivity index is 2.82. The largest absolute Gasteiger partial charge is 0.320 e. The number of nitrogens with zero attached hydrogens (tertiary/aromatic N) is 1. The summed E-state index contributed by atoms with van der Waals surface area (Å²) in [4.78, 5) is 14.3. The molecule has 1 rings (SSSR count). The van der Waals surface area contributed by atoms with Crippen molar-refractivity contribution in [3.05, 3.63) is 23.0 Å². The number of anilines is 1. The van der Waals surface area contributed by atoms with Crippen LogP contribution in [0.4, 0.5) is 14.5 Å². The molecule has 0 aliphatic rings. The highest BCUT2D eigenvalue weighted by atomic mass is 35.5. The topological polar surface area (TPSA) is 42.0 Å². The first-order valence-electron chi connectivity index (χ1n) is 3.72. The number of nitrogens with one attached hydrogen (secondary N) is 1. The van der Waals surface area contributed by atoms with E-state index >= 15 is 0 Å². The lowest BCUT2D eigenvalue weighted by Gasteiger charge is -2.06. The summed E-state index contributed by atoms with van der Waals surface area (Å²) < 4.78 is 23.7. The van der Waals surface area contributed by atoms with E-state index in [4.69, 9.17) is 11.6 Å². The molecule has 0 unspecified atom stereocenters. The quantitative estimate of drug-likeness (QED) is 0.777. The van der Waals surface area contributed by atoms with Gasteiger partial charge in [0.05, 0.1) is 11.9 Å². The fourth-order valence-corrected chi connectivity index (χ4v) is 1.05. The molecule has 1 N–H and O–H groups in total. The van der Waals surface area contributed by atoms with Crippen LogP contribution in [0.15, 0.2) is 12.3 Å². The van der Waals surface area contributed by atoms with E-state index < -0.39 is 12.3 Å². The minimum absolute atomic E-state index is 0.236. The number of aromatic nitrogens is 1. The Morgan fingerprint density at radius 3 is 2.79 bits per heavy atom.